The summed E-state index contributed by atoms with van der Waals surface area (Å²) in [6.45, 7) is 0. The first kappa shape index (κ1) is 15.4. The third-order valence-electron chi connectivity index (χ3n) is 3.19. The van der Waals surface area contributed by atoms with Gasteiger partial charge in [0.05, 0.1) is 10.5 Å². The number of halogens is 6. The minimum Gasteiger partial charge on any atom is -0.371 e. The first-order chi connectivity index (χ1) is 9.46. The van der Waals surface area contributed by atoms with Crippen LogP contribution in [-0.2, 0) is 6.18 Å². The Morgan fingerprint density at radius 2 is 1.71 bits per heavy atom. The lowest BCUT2D eigenvalue weighted by atomic mass is 10.1. The van der Waals surface area contributed by atoms with Gasteiger partial charge in [0.1, 0.15) is 5.54 Å². The Bertz CT molecular complexity index is 577. The Kier molecular flexibility index (Phi) is 3.30. The first-order valence-corrected chi connectivity index (χ1v) is 5.67. The van der Waals surface area contributed by atoms with Crippen molar-refractivity contribution < 1.29 is 31.3 Å². The summed E-state index contributed by atoms with van der Waals surface area (Å²) in [6, 6.07) is 1.59. The molecule has 116 valence electrons. The molecule has 0 aliphatic heterocycles. The first-order valence-electron chi connectivity index (χ1n) is 5.67. The topological polar surface area (TPSA) is 55.2 Å². The van der Waals surface area contributed by atoms with Gasteiger partial charge in [-0.15, -0.1) is 0 Å². The molecule has 1 aromatic rings. The monoisotopic (exact) mass is 314 g/mol. The second kappa shape index (κ2) is 4.50. The van der Waals surface area contributed by atoms with E-state index in [2.05, 4.69) is 0 Å². The van der Waals surface area contributed by atoms with Crippen LogP contribution in [0.25, 0.3) is 0 Å². The van der Waals surface area contributed by atoms with Crippen molar-refractivity contribution in [2.75, 3.05) is 5.32 Å². The van der Waals surface area contributed by atoms with Crippen LogP contribution in [0.2, 0.25) is 0 Å². The molecule has 1 saturated carbocycles. The number of nitro benzene ring substituents is 1. The molecule has 1 aromatic carbocycles. The Morgan fingerprint density at radius 3 is 2.10 bits per heavy atom. The van der Waals surface area contributed by atoms with Gasteiger partial charge in [0, 0.05) is 17.8 Å². The van der Waals surface area contributed by atoms with Crippen LogP contribution in [0.15, 0.2) is 18.2 Å². The van der Waals surface area contributed by atoms with Gasteiger partial charge in [-0.2, -0.15) is 26.3 Å². The summed E-state index contributed by atoms with van der Waals surface area (Å²) in [5.74, 6) is 0. The van der Waals surface area contributed by atoms with Crippen LogP contribution in [0.4, 0.5) is 37.7 Å². The summed E-state index contributed by atoms with van der Waals surface area (Å²) in [4.78, 5) is 9.44. The molecule has 1 aliphatic carbocycles. The molecule has 1 N–H and O–H groups in total. The Hall–Kier alpha value is -2.00. The van der Waals surface area contributed by atoms with Crippen LogP contribution in [0.1, 0.15) is 18.4 Å². The standard InChI is InChI=1S/C11H8F6N2O2/c12-10(13,14)7-5-6(19(20)21)1-2-8(7)18-9(3-4-9)11(15,16)17/h1-2,5,18H,3-4H2. The molecule has 1 aliphatic rings. The van der Waals surface area contributed by atoms with Crippen LogP contribution < -0.4 is 5.32 Å². The van der Waals surface area contributed by atoms with Gasteiger partial charge in [0.15, 0.2) is 0 Å². The number of anilines is 1. The molecule has 21 heavy (non-hydrogen) atoms. The molecule has 0 radical (unpaired) electrons. The molecule has 0 atom stereocenters. The molecule has 0 spiro atoms. The molecular weight excluding hydrogens is 306 g/mol. The normalized spacial score (nSPS) is 17.4. The number of nitro groups is 1. The highest BCUT2D eigenvalue weighted by atomic mass is 19.4. The summed E-state index contributed by atoms with van der Waals surface area (Å²) in [7, 11) is 0. The van der Waals surface area contributed by atoms with Gasteiger partial charge in [-0.25, -0.2) is 0 Å². The van der Waals surface area contributed by atoms with E-state index >= 15 is 0 Å². The van der Waals surface area contributed by atoms with Crippen molar-refractivity contribution in [1.29, 1.82) is 0 Å². The molecule has 0 saturated heterocycles. The van der Waals surface area contributed by atoms with E-state index in [9.17, 15) is 36.5 Å². The Labute approximate surface area is 113 Å². The minimum absolute atomic E-state index is 0.217. The van der Waals surface area contributed by atoms with E-state index in [1.54, 1.807) is 0 Å². The zero-order chi connectivity index (χ0) is 16.1. The predicted molar refractivity (Wildman–Crippen MR) is 59.7 cm³/mol. The minimum atomic E-state index is -5.00. The molecule has 10 heteroatoms. The summed E-state index contributed by atoms with van der Waals surface area (Å²) >= 11 is 0. The third kappa shape index (κ3) is 2.88. The molecule has 0 heterocycles. The maximum Gasteiger partial charge on any atom is 0.418 e. The number of nitrogens with one attached hydrogen (secondary N) is 1. The van der Waals surface area contributed by atoms with Crippen molar-refractivity contribution in [3.8, 4) is 0 Å². The fourth-order valence-electron chi connectivity index (χ4n) is 1.85. The Morgan fingerprint density at radius 1 is 1.14 bits per heavy atom. The van der Waals surface area contributed by atoms with Gasteiger partial charge in [-0.3, -0.25) is 10.1 Å². The highest BCUT2D eigenvalue weighted by molar-refractivity contribution is 5.60. The van der Waals surface area contributed by atoms with Crippen LogP contribution in [0, 0.1) is 10.1 Å². The summed E-state index contributed by atoms with van der Waals surface area (Å²) in [5.41, 5.74) is -5.54. The zero-order valence-electron chi connectivity index (χ0n) is 10.2. The van der Waals surface area contributed by atoms with Gasteiger partial charge in [0.2, 0.25) is 0 Å². The molecular formula is C11H8F6N2O2. The Balaban J connectivity index is 2.43. The van der Waals surface area contributed by atoms with Crippen molar-refractivity contribution >= 4 is 11.4 Å². The fraction of sp³-hybridized carbons (Fsp3) is 0.455. The van der Waals surface area contributed by atoms with E-state index < -0.39 is 39.8 Å². The summed E-state index contributed by atoms with van der Waals surface area (Å²) in [6.07, 6.45) is -10.4. The summed E-state index contributed by atoms with van der Waals surface area (Å²) < 4.78 is 76.8. The van der Waals surface area contributed by atoms with E-state index in [1.165, 1.54) is 0 Å². The summed E-state index contributed by atoms with van der Waals surface area (Å²) in [5, 5.41) is 12.3. The van der Waals surface area contributed by atoms with Gasteiger partial charge in [-0.05, 0) is 18.9 Å². The van der Waals surface area contributed by atoms with E-state index in [0.717, 1.165) is 6.07 Å². The lowest BCUT2D eigenvalue weighted by Gasteiger charge is -2.24. The third-order valence-corrected chi connectivity index (χ3v) is 3.19. The molecule has 0 amide bonds. The highest BCUT2D eigenvalue weighted by Crippen LogP contribution is 2.52. The van der Waals surface area contributed by atoms with Crippen molar-refractivity contribution in [3.05, 3.63) is 33.9 Å². The predicted octanol–water partition coefficient (Wildman–Crippen LogP) is 4.12. The fourth-order valence-corrected chi connectivity index (χ4v) is 1.85. The van der Waals surface area contributed by atoms with Crippen molar-refractivity contribution in [1.82, 2.24) is 0 Å². The van der Waals surface area contributed by atoms with Crippen molar-refractivity contribution in [3.63, 3.8) is 0 Å². The number of hydrogen-bond acceptors (Lipinski definition) is 3. The largest absolute Gasteiger partial charge is 0.418 e. The van der Waals surface area contributed by atoms with Crippen LogP contribution in [-0.4, -0.2) is 16.6 Å². The number of non-ortho nitro benzene ring substituents is 1. The molecule has 1 fully saturated rings. The second-order valence-electron chi connectivity index (χ2n) is 4.69. The van der Waals surface area contributed by atoms with Gasteiger partial charge in [-0.1, -0.05) is 0 Å². The highest BCUT2D eigenvalue weighted by Gasteiger charge is 2.64. The number of hydrogen-bond donors (Lipinski definition) is 1. The van der Waals surface area contributed by atoms with E-state index in [0.29, 0.717) is 6.07 Å². The van der Waals surface area contributed by atoms with Crippen LogP contribution >= 0.6 is 0 Å². The maximum atomic E-state index is 12.8. The SMILES string of the molecule is O=[N+]([O-])c1ccc(NC2(C(F)(F)F)CC2)c(C(F)(F)F)c1. The molecule has 4 nitrogen and oxygen atoms in total. The van der Waals surface area contributed by atoms with E-state index in [1.807, 2.05) is 5.32 Å². The van der Waals surface area contributed by atoms with Gasteiger partial charge in [0.25, 0.3) is 5.69 Å². The smallest absolute Gasteiger partial charge is 0.371 e. The molecule has 2 rings (SSSR count). The average Bonchev–Trinajstić information content (AvgIpc) is 3.08. The van der Waals surface area contributed by atoms with Gasteiger partial charge < -0.3 is 5.32 Å². The molecule has 0 aromatic heterocycles. The van der Waals surface area contributed by atoms with Crippen LogP contribution in [0.3, 0.4) is 0 Å². The lowest BCUT2D eigenvalue weighted by Crippen LogP contribution is -2.39. The number of nitrogens with zero attached hydrogens (tertiary/aromatic N) is 1. The van der Waals surface area contributed by atoms with Crippen molar-refractivity contribution in [2.45, 2.75) is 30.7 Å². The quantitative estimate of drug-likeness (QED) is 0.519. The molecule has 0 bridgehead atoms. The second-order valence-corrected chi connectivity index (χ2v) is 4.69. The molecule has 0 unspecified atom stereocenters. The number of benzene rings is 1. The van der Waals surface area contributed by atoms with Crippen molar-refractivity contribution in [2.24, 2.45) is 0 Å². The van der Waals surface area contributed by atoms with E-state index in [-0.39, 0.29) is 18.9 Å². The zero-order valence-corrected chi connectivity index (χ0v) is 10.2. The maximum absolute atomic E-state index is 12.8. The van der Waals surface area contributed by atoms with Crippen LogP contribution in [0.5, 0.6) is 0 Å². The van der Waals surface area contributed by atoms with Gasteiger partial charge >= 0.3 is 12.4 Å². The number of rotatable bonds is 3. The average molecular weight is 314 g/mol. The van der Waals surface area contributed by atoms with E-state index in [4.69, 9.17) is 0 Å². The number of alkyl halides is 6. The lowest BCUT2D eigenvalue weighted by molar-refractivity contribution is -0.385.